The van der Waals surface area contributed by atoms with Gasteiger partial charge in [0.1, 0.15) is 0 Å². The molecule has 34 heavy (non-hydrogen) atoms. The van der Waals surface area contributed by atoms with Crippen LogP contribution in [0.15, 0.2) is 0 Å². The van der Waals surface area contributed by atoms with Crippen molar-refractivity contribution in [3.63, 3.8) is 0 Å². The normalized spacial score (nSPS) is 11.5. The lowest BCUT2D eigenvalue weighted by Crippen LogP contribution is -2.08. The average molecular weight is 520 g/mol. The molecule has 0 N–H and O–H groups in total. The molecule has 0 radical (unpaired) electrons. The second kappa shape index (κ2) is 9.65. The van der Waals surface area contributed by atoms with Crippen molar-refractivity contribution in [1.82, 2.24) is 0 Å². The second-order valence-corrected chi connectivity index (χ2v) is 11.3. The molecule has 0 heterocycles. The van der Waals surface area contributed by atoms with Gasteiger partial charge >= 0.3 is 0 Å². The van der Waals surface area contributed by atoms with Gasteiger partial charge in [0, 0.05) is 5.33 Å². The Bertz CT molecular complexity index is 1230. The van der Waals surface area contributed by atoms with Crippen molar-refractivity contribution in [3.05, 3.63) is 77.9 Å². The maximum absolute atomic E-state index is 3.67. The molecule has 3 rings (SSSR count). The van der Waals surface area contributed by atoms with Crippen molar-refractivity contribution < 1.29 is 0 Å². The molecule has 0 aliphatic heterocycles. The molecule has 0 nitrogen and oxygen atoms in total. The molecule has 0 aliphatic carbocycles. The number of halogens is 1. The summed E-state index contributed by atoms with van der Waals surface area (Å²) in [7, 11) is 0. The highest BCUT2D eigenvalue weighted by atomic mass is 79.9. The van der Waals surface area contributed by atoms with Gasteiger partial charge in [-0.2, -0.15) is 0 Å². The topological polar surface area (TPSA) is 0 Å². The van der Waals surface area contributed by atoms with Crippen molar-refractivity contribution in [2.24, 2.45) is 0 Å². The fraction of sp³-hybridized carbons (Fsp3) is 0.455. The minimum absolute atomic E-state index is 1.01. The smallest absolute Gasteiger partial charge is 0.00720 e. The highest BCUT2D eigenvalue weighted by molar-refractivity contribution is 9.09. The van der Waals surface area contributed by atoms with Crippen molar-refractivity contribution in [1.29, 1.82) is 0 Å². The van der Waals surface area contributed by atoms with Crippen LogP contribution in [-0.4, -0.2) is 5.33 Å². The summed E-state index contributed by atoms with van der Waals surface area (Å²) in [6, 6.07) is 0. The summed E-state index contributed by atoms with van der Waals surface area (Å²) in [5.74, 6) is 0. The zero-order valence-electron chi connectivity index (χ0n) is 23.8. The minimum atomic E-state index is 1.01. The highest BCUT2D eigenvalue weighted by Crippen LogP contribution is 2.45. The lowest BCUT2D eigenvalue weighted by Gasteiger charge is -2.28. The molecule has 0 aromatic heterocycles. The van der Waals surface area contributed by atoms with E-state index in [2.05, 4.69) is 106 Å². The molecule has 0 atom stereocenters. The summed E-state index contributed by atoms with van der Waals surface area (Å²) in [6.45, 7) is 30.1. The minimum Gasteiger partial charge on any atom is -0.0924 e. The maximum Gasteiger partial charge on any atom is 0.00720 e. The van der Waals surface area contributed by atoms with Crippen molar-refractivity contribution in [2.45, 2.75) is 96.4 Å². The van der Waals surface area contributed by atoms with Gasteiger partial charge in [-0.3, -0.25) is 0 Å². The molecule has 1 heteroatoms. The summed E-state index contributed by atoms with van der Waals surface area (Å²) in [5, 5.41) is 1.01. The largest absolute Gasteiger partial charge is 0.0924 e. The Morgan fingerprint density at radius 2 is 0.529 bits per heavy atom. The van der Waals surface area contributed by atoms with E-state index in [-0.39, 0.29) is 0 Å². The summed E-state index contributed by atoms with van der Waals surface area (Å²) >= 11 is 3.67. The predicted molar refractivity (Wildman–Crippen MR) is 156 cm³/mol. The molecule has 0 aliphatic rings. The van der Waals surface area contributed by atoms with Gasteiger partial charge in [0.15, 0.2) is 0 Å². The molecule has 0 saturated carbocycles. The van der Waals surface area contributed by atoms with Crippen LogP contribution < -0.4 is 0 Å². The Morgan fingerprint density at radius 3 is 0.794 bits per heavy atom. The van der Waals surface area contributed by atoms with Crippen LogP contribution in [0.5, 0.6) is 0 Å². The van der Waals surface area contributed by atoms with Crippen LogP contribution in [0.3, 0.4) is 0 Å². The van der Waals surface area contributed by atoms with Crippen LogP contribution in [0.1, 0.15) is 77.9 Å². The number of hydrogen-bond donors (Lipinski definition) is 0. The first-order valence-electron chi connectivity index (χ1n) is 12.6. The summed E-state index contributed by atoms with van der Waals surface area (Å²) in [6.07, 6.45) is 1.08. The standard InChI is InChI=1S/C33H43Br/c1-16-17(2)21(6)30(22(7)18(16)3)32-25(10)27(12)33(28(13)26(32)11)31-23(8)19(4)29(14-15-34)20(5)24(31)9/h14-15H2,1-13H3. The molecule has 0 unspecified atom stereocenters. The summed E-state index contributed by atoms with van der Waals surface area (Å²) in [5.41, 5.74) is 25.9. The van der Waals surface area contributed by atoms with E-state index in [0.717, 1.165) is 11.8 Å². The van der Waals surface area contributed by atoms with Crippen LogP contribution in [0.2, 0.25) is 0 Å². The van der Waals surface area contributed by atoms with E-state index in [1.165, 1.54) is 100 Å². The fourth-order valence-electron chi connectivity index (χ4n) is 6.17. The Labute approximate surface area is 217 Å². The van der Waals surface area contributed by atoms with Gasteiger partial charge in [0.05, 0.1) is 0 Å². The van der Waals surface area contributed by atoms with Gasteiger partial charge < -0.3 is 0 Å². The molecule has 0 spiro atoms. The SMILES string of the molecule is Cc1c(C)c(C)c(-c2c(C)c(C)c(-c3c(C)c(C)c(CCBr)c(C)c3C)c(C)c2C)c(C)c1C. The van der Waals surface area contributed by atoms with Crippen LogP contribution in [0.4, 0.5) is 0 Å². The average Bonchev–Trinajstić information content (AvgIpc) is 2.81. The van der Waals surface area contributed by atoms with Crippen LogP contribution in [-0.2, 0) is 6.42 Å². The third-order valence-electron chi connectivity index (χ3n) is 9.25. The monoisotopic (exact) mass is 518 g/mol. The molecule has 0 fully saturated rings. The van der Waals surface area contributed by atoms with E-state index in [1.54, 1.807) is 0 Å². The molecular formula is C33H43Br. The van der Waals surface area contributed by atoms with Crippen molar-refractivity contribution >= 4 is 15.9 Å². The molecule has 3 aromatic rings. The summed E-state index contributed by atoms with van der Waals surface area (Å²) in [4.78, 5) is 0. The van der Waals surface area contributed by atoms with E-state index in [9.17, 15) is 0 Å². The van der Waals surface area contributed by atoms with E-state index in [0.29, 0.717) is 0 Å². The molecule has 3 aromatic carbocycles. The Kier molecular flexibility index (Phi) is 7.59. The van der Waals surface area contributed by atoms with Crippen LogP contribution in [0.25, 0.3) is 22.3 Å². The summed E-state index contributed by atoms with van der Waals surface area (Å²) < 4.78 is 0. The number of rotatable bonds is 4. The predicted octanol–water partition coefficient (Wildman–Crippen LogP) is 9.97. The zero-order valence-corrected chi connectivity index (χ0v) is 25.4. The Hall–Kier alpha value is -1.86. The molecule has 182 valence electrons. The number of alkyl halides is 1. The Morgan fingerprint density at radius 1 is 0.324 bits per heavy atom. The van der Waals surface area contributed by atoms with E-state index >= 15 is 0 Å². The van der Waals surface area contributed by atoms with Crippen molar-refractivity contribution in [2.75, 3.05) is 5.33 Å². The van der Waals surface area contributed by atoms with E-state index in [4.69, 9.17) is 0 Å². The molecule has 0 amide bonds. The van der Waals surface area contributed by atoms with Gasteiger partial charge in [-0.1, -0.05) is 15.9 Å². The first kappa shape index (κ1) is 26.7. The van der Waals surface area contributed by atoms with Crippen LogP contribution >= 0.6 is 15.9 Å². The fourth-order valence-corrected chi connectivity index (χ4v) is 6.57. The highest BCUT2D eigenvalue weighted by Gasteiger charge is 2.24. The lowest BCUT2D eigenvalue weighted by atomic mass is 9.76. The second-order valence-electron chi connectivity index (χ2n) is 10.5. The van der Waals surface area contributed by atoms with E-state index < -0.39 is 0 Å². The van der Waals surface area contributed by atoms with Crippen molar-refractivity contribution in [3.8, 4) is 22.3 Å². The lowest BCUT2D eigenvalue weighted by molar-refractivity contribution is 1.07. The van der Waals surface area contributed by atoms with Gasteiger partial charge in [-0.15, -0.1) is 0 Å². The molecule has 0 bridgehead atoms. The van der Waals surface area contributed by atoms with Crippen LogP contribution in [0, 0.1) is 90.0 Å². The molecular weight excluding hydrogens is 476 g/mol. The Balaban J connectivity index is 2.46. The van der Waals surface area contributed by atoms with E-state index in [1.807, 2.05) is 0 Å². The van der Waals surface area contributed by atoms with Gasteiger partial charge in [-0.05, 0) is 197 Å². The number of benzene rings is 3. The molecule has 0 saturated heterocycles. The van der Waals surface area contributed by atoms with Gasteiger partial charge in [0.25, 0.3) is 0 Å². The first-order valence-corrected chi connectivity index (χ1v) is 13.7. The maximum atomic E-state index is 3.67. The zero-order chi connectivity index (χ0) is 25.8. The number of hydrogen-bond acceptors (Lipinski definition) is 0. The van der Waals surface area contributed by atoms with Gasteiger partial charge in [-0.25, -0.2) is 0 Å². The quantitative estimate of drug-likeness (QED) is 0.301. The first-order chi connectivity index (χ1) is 15.8. The third kappa shape index (κ3) is 3.89. The van der Waals surface area contributed by atoms with Gasteiger partial charge in [0.2, 0.25) is 0 Å². The third-order valence-corrected chi connectivity index (χ3v) is 9.65.